The molecule has 7 heteroatoms. The molecule has 2 aliphatic rings. The normalized spacial score (nSPS) is 24.8. The zero-order valence-electron chi connectivity index (χ0n) is 11.0. The van der Waals surface area contributed by atoms with Crippen molar-refractivity contribution < 1.29 is 19.1 Å². The lowest BCUT2D eigenvalue weighted by Crippen LogP contribution is -2.59. The third-order valence-electron chi connectivity index (χ3n) is 3.65. The Morgan fingerprint density at radius 2 is 2.00 bits per heavy atom. The molecule has 2 fully saturated rings. The molecule has 0 saturated carbocycles. The average Bonchev–Trinajstić information content (AvgIpc) is 2.46. The van der Waals surface area contributed by atoms with Gasteiger partial charge in [-0.05, 0) is 12.8 Å². The van der Waals surface area contributed by atoms with Crippen molar-refractivity contribution in [2.45, 2.75) is 18.9 Å². The lowest BCUT2D eigenvalue weighted by Gasteiger charge is -2.34. The molecule has 1 atom stereocenters. The van der Waals surface area contributed by atoms with Crippen LogP contribution >= 0.6 is 0 Å². The van der Waals surface area contributed by atoms with Gasteiger partial charge in [-0.1, -0.05) is 0 Å². The number of amides is 2. The van der Waals surface area contributed by atoms with Gasteiger partial charge in [-0.3, -0.25) is 19.7 Å². The first-order chi connectivity index (χ1) is 9.11. The fourth-order valence-electron chi connectivity index (χ4n) is 2.46. The zero-order chi connectivity index (χ0) is 13.8. The number of nitrogens with zero attached hydrogens (tertiary/aromatic N) is 1. The van der Waals surface area contributed by atoms with Crippen molar-refractivity contribution in [1.29, 1.82) is 0 Å². The van der Waals surface area contributed by atoms with E-state index in [9.17, 15) is 14.4 Å². The first-order valence-corrected chi connectivity index (χ1v) is 6.48. The predicted octanol–water partition coefficient (Wildman–Crippen LogP) is -1.51. The summed E-state index contributed by atoms with van der Waals surface area (Å²) < 4.78 is 4.71. The van der Waals surface area contributed by atoms with Gasteiger partial charge in [-0.15, -0.1) is 0 Å². The minimum Gasteiger partial charge on any atom is -0.469 e. The molecule has 7 nitrogen and oxygen atoms in total. The maximum atomic E-state index is 12.2. The lowest BCUT2D eigenvalue weighted by molar-refractivity contribution is -0.149. The second-order valence-corrected chi connectivity index (χ2v) is 4.86. The Kier molecular flexibility index (Phi) is 4.36. The molecule has 106 valence electrons. The number of piperidine rings is 1. The highest BCUT2D eigenvalue weighted by Crippen LogP contribution is 2.19. The number of hydrogen-bond donors (Lipinski definition) is 2. The Bertz CT molecular complexity index is 367. The standard InChI is InChI=1S/C12H19N3O4/c1-19-12(18)8-2-4-15(5-3-8)11(17)9-6-14-10(16)7-13-9/h8-9,13H,2-7H2,1H3,(H,14,16). The van der Waals surface area contributed by atoms with Crippen molar-refractivity contribution in [2.75, 3.05) is 33.3 Å². The minimum atomic E-state index is -0.354. The molecule has 2 saturated heterocycles. The van der Waals surface area contributed by atoms with Crippen LogP contribution in [0, 0.1) is 5.92 Å². The monoisotopic (exact) mass is 269 g/mol. The summed E-state index contributed by atoms with van der Waals surface area (Å²) in [4.78, 5) is 36.4. The van der Waals surface area contributed by atoms with Gasteiger partial charge in [0.2, 0.25) is 11.8 Å². The quantitative estimate of drug-likeness (QED) is 0.595. The Labute approximate surface area is 111 Å². The van der Waals surface area contributed by atoms with Crippen molar-refractivity contribution in [3.8, 4) is 0 Å². The van der Waals surface area contributed by atoms with E-state index in [0.29, 0.717) is 32.5 Å². The molecule has 0 aliphatic carbocycles. The van der Waals surface area contributed by atoms with Crippen LogP contribution in [0.1, 0.15) is 12.8 Å². The molecule has 0 radical (unpaired) electrons. The van der Waals surface area contributed by atoms with Gasteiger partial charge < -0.3 is 15.0 Å². The van der Waals surface area contributed by atoms with Crippen LogP contribution in [0.15, 0.2) is 0 Å². The topological polar surface area (TPSA) is 87.7 Å². The molecule has 2 N–H and O–H groups in total. The number of methoxy groups -OCH3 is 1. The van der Waals surface area contributed by atoms with Crippen molar-refractivity contribution in [2.24, 2.45) is 5.92 Å². The SMILES string of the molecule is COC(=O)C1CCN(C(=O)C2CNC(=O)CN2)CC1. The minimum absolute atomic E-state index is 0.0108. The van der Waals surface area contributed by atoms with Crippen LogP contribution in [0.4, 0.5) is 0 Å². The highest BCUT2D eigenvalue weighted by atomic mass is 16.5. The second kappa shape index (κ2) is 6.01. The van der Waals surface area contributed by atoms with E-state index in [-0.39, 0.29) is 36.3 Å². The number of esters is 1. The van der Waals surface area contributed by atoms with Crippen molar-refractivity contribution in [1.82, 2.24) is 15.5 Å². The van der Waals surface area contributed by atoms with E-state index < -0.39 is 0 Å². The second-order valence-electron chi connectivity index (χ2n) is 4.86. The molecule has 2 heterocycles. The Balaban J connectivity index is 1.82. The first-order valence-electron chi connectivity index (χ1n) is 6.48. The molecule has 0 aromatic rings. The average molecular weight is 269 g/mol. The molecule has 0 aromatic heterocycles. The van der Waals surface area contributed by atoms with Gasteiger partial charge in [-0.25, -0.2) is 0 Å². The summed E-state index contributed by atoms with van der Waals surface area (Å²) >= 11 is 0. The van der Waals surface area contributed by atoms with Crippen molar-refractivity contribution in [3.63, 3.8) is 0 Å². The number of rotatable bonds is 2. The summed E-state index contributed by atoms with van der Waals surface area (Å²) in [7, 11) is 1.38. The number of piperazine rings is 1. The summed E-state index contributed by atoms with van der Waals surface area (Å²) in [5.41, 5.74) is 0. The molecule has 2 amide bonds. The molecule has 0 aromatic carbocycles. The fraction of sp³-hybridized carbons (Fsp3) is 0.750. The van der Waals surface area contributed by atoms with Gasteiger partial charge in [0.25, 0.3) is 0 Å². The van der Waals surface area contributed by atoms with Crippen LogP contribution in [0.2, 0.25) is 0 Å². The van der Waals surface area contributed by atoms with E-state index >= 15 is 0 Å². The fourth-order valence-corrected chi connectivity index (χ4v) is 2.46. The highest BCUT2D eigenvalue weighted by Gasteiger charge is 2.32. The van der Waals surface area contributed by atoms with E-state index in [1.807, 2.05) is 0 Å². The molecule has 19 heavy (non-hydrogen) atoms. The van der Waals surface area contributed by atoms with Gasteiger partial charge in [0, 0.05) is 19.6 Å². The summed E-state index contributed by atoms with van der Waals surface area (Å²) in [5, 5.41) is 5.58. The largest absolute Gasteiger partial charge is 0.469 e. The maximum Gasteiger partial charge on any atom is 0.308 e. The van der Waals surface area contributed by atoms with E-state index in [4.69, 9.17) is 4.74 Å². The summed E-state index contributed by atoms with van der Waals surface area (Å²) in [6.07, 6.45) is 1.27. The zero-order valence-corrected chi connectivity index (χ0v) is 11.0. The molecular formula is C12H19N3O4. The van der Waals surface area contributed by atoms with E-state index in [1.54, 1.807) is 4.90 Å². The Hall–Kier alpha value is -1.63. The van der Waals surface area contributed by atoms with Crippen LogP contribution < -0.4 is 10.6 Å². The highest BCUT2D eigenvalue weighted by molar-refractivity contribution is 5.87. The number of nitrogens with one attached hydrogen (secondary N) is 2. The van der Waals surface area contributed by atoms with Crippen molar-refractivity contribution in [3.05, 3.63) is 0 Å². The molecule has 0 spiro atoms. The van der Waals surface area contributed by atoms with Crippen LogP contribution in [0.5, 0.6) is 0 Å². The maximum absolute atomic E-state index is 12.2. The number of hydrogen-bond acceptors (Lipinski definition) is 5. The molecule has 2 aliphatic heterocycles. The summed E-state index contributed by atoms with van der Waals surface area (Å²) in [6.45, 7) is 1.62. The van der Waals surface area contributed by atoms with Gasteiger partial charge in [-0.2, -0.15) is 0 Å². The van der Waals surface area contributed by atoms with Crippen LogP contribution in [-0.2, 0) is 19.1 Å². The van der Waals surface area contributed by atoms with Gasteiger partial charge in [0.15, 0.2) is 0 Å². The van der Waals surface area contributed by atoms with E-state index in [0.717, 1.165) is 0 Å². The molecular weight excluding hydrogens is 250 g/mol. The van der Waals surface area contributed by atoms with Gasteiger partial charge >= 0.3 is 5.97 Å². The summed E-state index contributed by atoms with van der Waals surface area (Å²) in [6, 6.07) is -0.354. The lowest BCUT2D eigenvalue weighted by atomic mass is 9.96. The molecule has 0 bridgehead atoms. The Morgan fingerprint density at radius 1 is 1.32 bits per heavy atom. The molecule has 1 unspecified atom stereocenters. The number of carbonyl (C=O) groups excluding carboxylic acids is 3. The molecule has 2 rings (SSSR count). The van der Waals surface area contributed by atoms with Gasteiger partial charge in [0.1, 0.15) is 6.04 Å². The van der Waals surface area contributed by atoms with Crippen molar-refractivity contribution >= 4 is 17.8 Å². The van der Waals surface area contributed by atoms with E-state index in [1.165, 1.54) is 7.11 Å². The summed E-state index contributed by atoms with van der Waals surface area (Å²) in [5.74, 6) is -0.403. The smallest absolute Gasteiger partial charge is 0.308 e. The van der Waals surface area contributed by atoms with Crippen LogP contribution in [0.25, 0.3) is 0 Å². The predicted molar refractivity (Wildman–Crippen MR) is 66.1 cm³/mol. The number of likely N-dealkylation sites (tertiary alicyclic amines) is 1. The van der Waals surface area contributed by atoms with Crippen LogP contribution in [-0.4, -0.2) is 62.0 Å². The van der Waals surface area contributed by atoms with Gasteiger partial charge in [0.05, 0.1) is 19.6 Å². The Morgan fingerprint density at radius 3 is 2.53 bits per heavy atom. The number of ether oxygens (including phenoxy) is 1. The third kappa shape index (κ3) is 3.23. The first kappa shape index (κ1) is 13.8. The van der Waals surface area contributed by atoms with Crippen LogP contribution in [0.3, 0.4) is 0 Å². The third-order valence-corrected chi connectivity index (χ3v) is 3.65. The van der Waals surface area contributed by atoms with E-state index in [2.05, 4.69) is 10.6 Å². The number of carbonyl (C=O) groups is 3.